The average Bonchev–Trinajstić information content (AvgIpc) is 2.41. The molecule has 0 N–H and O–H groups in total. The van der Waals surface area contributed by atoms with E-state index in [1.807, 2.05) is 0 Å². The van der Waals surface area contributed by atoms with Crippen LogP contribution in [-0.4, -0.2) is 11.4 Å². The smallest absolute Gasteiger partial charge is 0.169 e. The second kappa shape index (κ2) is 16.0. The Morgan fingerprint density at radius 1 is 0.314 bits per heavy atom. The molecule has 0 spiro atoms. The van der Waals surface area contributed by atoms with Crippen molar-refractivity contribution in [2.45, 2.75) is 11.4 Å². The first-order valence-corrected chi connectivity index (χ1v) is 17.3. The first kappa shape index (κ1) is 49.4. The Balaban J connectivity index is -0.000000125. The summed E-state index contributed by atoms with van der Waals surface area (Å²) in [6.07, 6.45) is 0. The summed E-state index contributed by atoms with van der Waals surface area (Å²) >= 11 is 26.9. The number of halogens is 6. The van der Waals surface area contributed by atoms with Crippen molar-refractivity contribution in [2.24, 2.45) is 0 Å². The van der Waals surface area contributed by atoms with Crippen molar-refractivity contribution in [3.8, 4) is 0 Å². The third kappa shape index (κ3) is 15.2. The number of alkyl halides is 6. The van der Waals surface area contributed by atoms with Crippen molar-refractivity contribution in [3.05, 3.63) is 0 Å². The molecule has 0 aromatic rings. The second-order valence-corrected chi connectivity index (χ2v) is 22.7. The Bertz CT molecular complexity index is 768. The van der Waals surface area contributed by atoms with Crippen molar-refractivity contribution in [3.63, 3.8) is 0 Å². The van der Waals surface area contributed by atoms with E-state index in [1.54, 1.807) is 0 Å². The maximum Gasteiger partial charge on any atom is 0.169 e. The van der Waals surface area contributed by atoms with Crippen LogP contribution in [-0.2, 0) is 27.4 Å². The molecule has 0 fully saturated rings. The summed E-state index contributed by atoms with van der Waals surface area (Å²) in [4.78, 5) is 119. The van der Waals surface area contributed by atoms with Crippen LogP contribution in [0.1, 0.15) is 0 Å². The van der Waals surface area contributed by atoms with Crippen LogP contribution in [0.25, 0.3) is 0 Å². The van der Waals surface area contributed by atoms with Gasteiger partial charge in [-0.15, -0.1) is 0 Å². The predicted molar refractivity (Wildman–Crippen MR) is 88.9 cm³/mol. The number of hydrogen-bond donors (Lipinski definition) is 0. The fourth-order valence-electron chi connectivity index (χ4n) is 0.450. The van der Waals surface area contributed by atoms with Gasteiger partial charge in [0.2, 0.25) is 0 Å². The molecule has 0 saturated carbocycles. The van der Waals surface area contributed by atoms with E-state index in [0.717, 1.165) is 0 Å². The van der Waals surface area contributed by atoms with Crippen molar-refractivity contribution < 1.29 is 148 Å². The number of rotatable bonds is 6. The molecule has 0 aliphatic rings. The molecule has 0 saturated heterocycles. The summed E-state index contributed by atoms with van der Waals surface area (Å²) < 4.78 is 48.2. The molecule has 0 amide bonds. The molecule has 0 radical (unpaired) electrons. The summed E-state index contributed by atoms with van der Waals surface area (Å²) in [5.41, 5.74) is 0. The molecule has 0 atom stereocenters. The van der Waals surface area contributed by atoms with Gasteiger partial charge in [0.25, 0.3) is 0 Å². The van der Waals surface area contributed by atoms with E-state index in [4.69, 9.17) is 0 Å². The first-order chi connectivity index (χ1) is 13.5. The Morgan fingerprint density at radius 2 is 0.371 bits per heavy atom. The van der Waals surface area contributed by atoms with E-state index in [-0.39, 0.29) is 62.2 Å². The Hall–Kier alpha value is 4.74. The van der Waals surface area contributed by atoms with Gasteiger partial charge in [-0.3, -0.25) is 0 Å². The fraction of sp³-hybridized carbons (Fsp3) is 1.00. The van der Waals surface area contributed by atoms with Crippen molar-refractivity contribution in [1.29, 1.82) is 0 Å². The van der Waals surface area contributed by atoms with Crippen LogP contribution in [0.15, 0.2) is 0 Å². The molecule has 0 rings (SSSR count). The van der Waals surface area contributed by atoms with Crippen LogP contribution in [0.2, 0.25) is 0 Å². The molecule has 18 nitrogen and oxygen atoms in total. The Labute approximate surface area is 271 Å². The molecule has 0 aliphatic heterocycles. The van der Waals surface area contributed by atoms with E-state index in [1.165, 1.54) is 0 Å². The maximum atomic E-state index is 9.94. The van der Waals surface area contributed by atoms with Gasteiger partial charge < -0.3 is 86.1 Å². The zero-order valence-electron chi connectivity index (χ0n) is 14.8. The minimum absolute atomic E-state index is 0. The normalized spacial score (nSPS) is 14.2. The van der Waals surface area contributed by atoms with Gasteiger partial charge in [0.1, 0.15) is 0 Å². The van der Waals surface area contributed by atoms with Gasteiger partial charge in [-0.25, -0.2) is 0 Å². The third-order valence-corrected chi connectivity index (χ3v) is 17.8. The van der Waals surface area contributed by atoms with Crippen LogP contribution in [0.3, 0.4) is 0 Å². The summed E-state index contributed by atoms with van der Waals surface area (Å²) in [5, 5.41) is 0. The fourth-order valence-corrected chi connectivity index (χ4v) is 4.05. The van der Waals surface area contributed by atoms with E-state index in [9.17, 15) is 86.1 Å². The van der Waals surface area contributed by atoms with Crippen LogP contribution < -0.4 is 58.7 Å². The molecule has 212 valence electrons. The van der Waals surface area contributed by atoms with Gasteiger partial charge in [0, 0.05) is 62.2 Å². The summed E-state index contributed by atoms with van der Waals surface area (Å²) in [7, 11) is -35.1. The minimum atomic E-state index is -5.85. The van der Waals surface area contributed by atoms with Crippen molar-refractivity contribution >= 4 is 115 Å². The zero-order valence-corrected chi connectivity index (χ0v) is 33.0. The quantitative estimate of drug-likeness (QED) is 0.176. The summed E-state index contributed by atoms with van der Waals surface area (Å²) in [6, 6.07) is 0. The van der Waals surface area contributed by atoms with E-state index in [2.05, 4.69) is 69.6 Å². The summed E-state index contributed by atoms with van der Waals surface area (Å²) in [5.74, 6) is 0. The predicted octanol–water partition coefficient (Wildman–Crippen LogP) is -6.29. The molecular weight excluding hydrogens is 1200 g/mol. The molecule has 0 unspecified atom stereocenters. The molecule has 0 bridgehead atoms. The Morgan fingerprint density at radius 3 is 0.371 bits per heavy atom. The van der Waals surface area contributed by atoms with Crippen LogP contribution in [0.4, 0.5) is 0 Å². The standard InChI is InChI=1S/3CH4Cl2O6P2.2U/c3*2-1(3,10(4,5)6)11(7,8)9;;/h3*(H2,4,5,6)(H2,7,8,9);;/p-12. The topological polar surface area (TPSA) is 379 Å². The molecule has 0 aromatic carbocycles. The van der Waals surface area contributed by atoms with Gasteiger partial charge in [-0.05, 0) is 45.6 Å². The molecule has 0 aromatic heterocycles. The van der Waals surface area contributed by atoms with E-state index >= 15 is 0 Å². The van der Waals surface area contributed by atoms with Gasteiger partial charge in [-0.1, -0.05) is 69.6 Å². The largest absolute Gasteiger partial charge is 0.808 e. The number of hydrogen-bond acceptors (Lipinski definition) is 18. The minimum Gasteiger partial charge on any atom is -0.808 e. The molecule has 35 heavy (non-hydrogen) atoms. The van der Waals surface area contributed by atoms with E-state index < -0.39 is 57.0 Å². The van der Waals surface area contributed by atoms with E-state index in [0.29, 0.717) is 0 Å². The monoisotopic (exact) mass is 1200 g/mol. The molecule has 32 heteroatoms. The Kier molecular flexibility index (Phi) is 22.6. The molecule has 0 aliphatic carbocycles. The summed E-state index contributed by atoms with van der Waals surface area (Å²) in [6.45, 7) is 0. The average molecular weight is 1200 g/mol. The van der Waals surface area contributed by atoms with Crippen LogP contribution in [0, 0.1) is 62.2 Å². The maximum absolute atomic E-state index is 9.94. The van der Waals surface area contributed by atoms with Crippen LogP contribution >= 0.6 is 115 Å². The van der Waals surface area contributed by atoms with Gasteiger partial charge in [0.15, 0.2) is 11.4 Å². The van der Waals surface area contributed by atoms with Gasteiger partial charge >= 0.3 is 0 Å². The molecule has 0 heterocycles. The van der Waals surface area contributed by atoms with Gasteiger partial charge in [-0.2, -0.15) is 0 Å². The third-order valence-electron chi connectivity index (χ3n) is 1.98. The zero-order chi connectivity index (χ0) is 28.5. The van der Waals surface area contributed by atoms with Crippen LogP contribution in [0.5, 0.6) is 0 Å². The molecular formula is C3Cl6O18P6U2-12. The first-order valence-electron chi connectivity index (χ1n) is 5.76. The van der Waals surface area contributed by atoms with Gasteiger partial charge in [0.05, 0.1) is 0 Å². The van der Waals surface area contributed by atoms with Crippen molar-refractivity contribution in [2.75, 3.05) is 0 Å². The second-order valence-electron chi connectivity index (χ2n) is 4.51. The van der Waals surface area contributed by atoms with Crippen molar-refractivity contribution in [1.82, 2.24) is 0 Å². The SMILES string of the molecule is O=P([O-])([O-])C(Cl)(Cl)P(=O)([O-])[O-].O=P([O-])([O-])C(Cl)(Cl)P(=O)([O-])[O-].O=P([O-])([O-])C(Cl)(Cl)P(=O)([O-])[O-].[U].[U].